The van der Waals surface area contributed by atoms with E-state index in [1.54, 1.807) is 7.11 Å². The van der Waals surface area contributed by atoms with Crippen LogP contribution in [0.25, 0.3) is 0 Å². The van der Waals surface area contributed by atoms with Gasteiger partial charge in [-0.3, -0.25) is 0 Å². The van der Waals surface area contributed by atoms with E-state index in [2.05, 4.69) is 15.0 Å². The zero-order valence-electron chi connectivity index (χ0n) is 11.2. The fourth-order valence-electron chi connectivity index (χ4n) is 1.61. The van der Waals surface area contributed by atoms with E-state index in [1.807, 2.05) is 25.1 Å². The number of nitrogens with zero attached hydrogens (tertiary/aromatic N) is 1. The van der Waals surface area contributed by atoms with E-state index in [0.717, 1.165) is 22.6 Å². The predicted octanol–water partition coefficient (Wildman–Crippen LogP) is 3.64. The van der Waals surface area contributed by atoms with Gasteiger partial charge in [0.05, 0.1) is 19.9 Å². The number of hydrogen-bond donors (Lipinski definition) is 1. The predicted molar refractivity (Wildman–Crippen MR) is 79.5 cm³/mol. The van der Waals surface area contributed by atoms with Crippen LogP contribution in [0.5, 0.6) is 5.75 Å². The van der Waals surface area contributed by atoms with Gasteiger partial charge in [-0.05, 0) is 24.6 Å². The molecular weight excluding hydrogens is 300 g/mol. The van der Waals surface area contributed by atoms with Gasteiger partial charge in [0.25, 0.3) is 0 Å². The van der Waals surface area contributed by atoms with Crippen molar-refractivity contribution >= 4 is 39.7 Å². The smallest absolute Gasteiger partial charge is 0.351 e. The molecule has 0 aliphatic rings. The number of aromatic nitrogens is 1. The Morgan fingerprint density at radius 3 is 2.80 bits per heavy atom. The van der Waals surface area contributed by atoms with E-state index in [1.165, 1.54) is 7.11 Å². The lowest BCUT2D eigenvalue weighted by atomic mass is 10.2. The summed E-state index contributed by atoms with van der Waals surface area (Å²) >= 11 is 7.04. The minimum atomic E-state index is -0.503. The van der Waals surface area contributed by atoms with Crippen molar-refractivity contribution in [3.05, 3.63) is 33.8 Å². The molecule has 0 unspecified atom stereocenters. The summed E-state index contributed by atoms with van der Waals surface area (Å²) in [4.78, 5) is 15.9. The lowest BCUT2D eigenvalue weighted by Gasteiger charge is -2.09. The summed E-state index contributed by atoms with van der Waals surface area (Å²) in [6.07, 6.45) is 0. The average molecular weight is 313 g/mol. The highest BCUT2D eigenvalue weighted by Gasteiger charge is 2.18. The zero-order valence-corrected chi connectivity index (χ0v) is 12.8. The Kier molecular flexibility index (Phi) is 4.46. The van der Waals surface area contributed by atoms with Crippen LogP contribution >= 0.6 is 22.9 Å². The van der Waals surface area contributed by atoms with Gasteiger partial charge in [0.1, 0.15) is 5.75 Å². The van der Waals surface area contributed by atoms with E-state index in [-0.39, 0.29) is 10.0 Å². The number of carbonyl (C=O) groups is 1. The van der Waals surface area contributed by atoms with E-state index < -0.39 is 5.97 Å². The Balaban J connectivity index is 2.31. The van der Waals surface area contributed by atoms with Crippen LogP contribution in [0.4, 0.5) is 10.8 Å². The number of thiazole rings is 1. The van der Waals surface area contributed by atoms with Crippen LogP contribution in [0.1, 0.15) is 15.2 Å². The maximum atomic E-state index is 11.5. The highest BCUT2D eigenvalue weighted by atomic mass is 35.5. The average Bonchev–Trinajstić information content (AvgIpc) is 2.79. The molecular formula is C13H13ClN2O3S. The summed E-state index contributed by atoms with van der Waals surface area (Å²) in [6.45, 7) is 1.97. The molecule has 1 aromatic heterocycles. The van der Waals surface area contributed by atoms with Crippen LogP contribution in [0.2, 0.25) is 5.15 Å². The summed E-state index contributed by atoms with van der Waals surface area (Å²) in [5, 5.41) is 3.72. The molecule has 0 aliphatic heterocycles. The van der Waals surface area contributed by atoms with Gasteiger partial charge in [-0.25, -0.2) is 9.78 Å². The molecule has 2 aromatic rings. The van der Waals surface area contributed by atoms with Gasteiger partial charge < -0.3 is 14.8 Å². The Morgan fingerprint density at radius 1 is 1.40 bits per heavy atom. The summed E-state index contributed by atoms with van der Waals surface area (Å²) in [6, 6.07) is 5.72. The number of methoxy groups -OCH3 is 2. The fraction of sp³-hybridized carbons (Fsp3) is 0.231. The van der Waals surface area contributed by atoms with Gasteiger partial charge in [-0.15, -0.1) is 0 Å². The van der Waals surface area contributed by atoms with E-state index >= 15 is 0 Å². The second-order valence-corrected chi connectivity index (χ2v) is 5.32. The summed E-state index contributed by atoms with van der Waals surface area (Å²) in [7, 11) is 2.89. The standard InChI is InChI=1S/C13H13ClN2O3S/c1-7-4-5-9(18-2)8(6-7)15-13-16-11(14)10(20-13)12(17)19-3/h4-6H,1-3H3,(H,15,16). The summed E-state index contributed by atoms with van der Waals surface area (Å²) in [5.41, 5.74) is 1.83. The first-order chi connectivity index (χ1) is 9.55. The lowest BCUT2D eigenvalue weighted by Crippen LogP contribution is -1.98. The number of aryl methyl sites for hydroxylation is 1. The fourth-order valence-corrected chi connectivity index (χ4v) is 2.72. The molecule has 20 heavy (non-hydrogen) atoms. The number of benzene rings is 1. The maximum Gasteiger partial charge on any atom is 0.351 e. The number of esters is 1. The minimum absolute atomic E-state index is 0.121. The van der Waals surface area contributed by atoms with Crippen LogP contribution in [-0.4, -0.2) is 25.2 Å². The van der Waals surface area contributed by atoms with Crippen molar-refractivity contribution in [1.82, 2.24) is 4.98 Å². The molecule has 5 nitrogen and oxygen atoms in total. The normalized spacial score (nSPS) is 10.2. The molecule has 106 valence electrons. The SMILES string of the molecule is COC(=O)c1sc(Nc2cc(C)ccc2OC)nc1Cl. The summed E-state index contributed by atoms with van der Waals surface area (Å²) in [5.74, 6) is 0.179. The van der Waals surface area contributed by atoms with E-state index in [0.29, 0.717) is 10.9 Å². The molecule has 1 N–H and O–H groups in total. The molecule has 0 fully saturated rings. The van der Waals surface area contributed by atoms with Gasteiger partial charge in [-0.1, -0.05) is 29.0 Å². The second-order valence-electron chi connectivity index (χ2n) is 3.96. The molecule has 0 radical (unpaired) electrons. The van der Waals surface area contributed by atoms with Crippen molar-refractivity contribution in [3.63, 3.8) is 0 Å². The third-order valence-corrected chi connectivity index (χ3v) is 3.89. The Morgan fingerprint density at radius 2 is 2.15 bits per heavy atom. The molecule has 0 aliphatic carbocycles. The van der Waals surface area contributed by atoms with Crippen molar-refractivity contribution in [2.24, 2.45) is 0 Å². The molecule has 0 saturated carbocycles. The number of rotatable bonds is 4. The molecule has 0 bridgehead atoms. The molecule has 2 rings (SSSR count). The first-order valence-electron chi connectivity index (χ1n) is 5.71. The largest absolute Gasteiger partial charge is 0.495 e. The first kappa shape index (κ1) is 14.6. The molecule has 0 amide bonds. The quantitative estimate of drug-likeness (QED) is 0.873. The number of carbonyl (C=O) groups excluding carboxylic acids is 1. The zero-order chi connectivity index (χ0) is 14.7. The van der Waals surface area contributed by atoms with Crippen molar-refractivity contribution in [2.75, 3.05) is 19.5 Å². The van der Waals surface area contributed by atoms with Gasteiger partial charge in [-0.2, -0.15) is 0 Å². The third kappa shape index (κ3) is 3.02. The Labute approximate surface area is 125 Å². The molecule has 0 spiro atoms. The number of hydrogen-bond acceptors (Lipinski definition) is 6. The first-order valence-corrected chi connectivity index (χ1v) is 6.91. The van der Waals surface area contributed by atoms with Crippen molar-refractivity contribution in [1.29, 1.82) is 0 Å². The van der Waals surface area contributed by atoms with Gasteiger partial charge in [0.15, 0.2) is 15.2 Å². The topological polar surface area (TPSA) is 60.5 Å². The minimum Gasteiger partial charge on any atom is -0.495 e. The number of nitrogens with one attached hydrogen (secondary N) is 1. The van der Waals surface area contributed by atoms with E-state index in [9.17, 15) is 4.79 Å². The highest BCUT2D eigenvalue weighted by molar-refractivity contribution is 7.18. The van der Waals surface area contributed by atoms with Crippen LogP contribution in [0.15, 0.2) is 18.2 Å². The Bertz CT molecular complexity index is 643. The van der Waals surface area contributed by atoms with Crippen molar-refractivity contribution in [2.45, 2.75) is 6.92 Å². The lowest BCUT2D eigenvalue weighted by molar-refractivity contribution is 0.0606. The highest BCUT2D eigenvalue weighted by Crippen LogP contribution is 2.33. The number of halogens is 1. The molecule has 0 saturated heterocycles. The van der Waals surface area contributed by atoms with Gasteiger partial charge in [0, 0.05) is 0 Å². The van der Waals surface area contributed by atoms with Crippen LogP contribution in [0.3, 0.4) is 0 Å². The molecule has 7 heteroatoms. The monoisotopic (exact) mass is 312 g/mol. The Hall–Kier alpha value is -1.79. The van der Waals surface area contributed by atoms with Crippen LogP contribution in [0, 0.1) is 6.92 Å². The summed E-state index contributed by atoms with van der Waals surface area (Å²) < 4.78 is 9.91. The molecule has 1 heterocycles. The van der Waals surface area contributed by atoms with Crippen LogP contribution < -0.4 is 10.1 Å². The van der Waals surface area contributed by atoms with Gasteiger partial charge >= 0.3 is 5.97 Å². The third-order valence-electron chi connectivity index (χ3n) is 2.55. The van der Waals surface area contributed by atoms with Crippen molar-refractivity contribution < 1.29 is 14.3 Å². The van der Waals surface area contributed by atoms with Crippen molar-refractivity contribution in [3.8, 4) is 5.75 Å². The molecule has 0 atom stereocenters. The second kappa shape index (κ2) is 6.11. The maximum absolute atomic E-state index is 11.5. The van der Waals surface area contributed by atoms with Crippen LogP contribution in [-0.2, 0) is 4.74 Å². The van der Waals surface area contributed by atoms with E-state index in [4.69, 9.17) is 16.3 Å². The number of ether oxygens (including phenoxy) is 2. The number of anilines is 2. The van der Waals surface area contributed by atoms with Gasteiger partial charge in [0.2, 0.25) is 0 Å². The molecule has 1 aromatic carbocycles.